The van der Waals surface area contributed by atoms with Gasteiger partial charge in [0.2, 0.25) is 0 Å². The van der Waals surface area contributed by atoms with Gasteiger partial charge >= 0.3 is 36.4 Å². The van der Waals surface area contributed by atoms with E-state index in [0.29, 0.717) is 0 Å². The molecule has 1 rings (SSSR count). The fraction of sp³-hybridized carbons (Fsp3) is 1.00. The summed E-state index contributed by atoms with van der Waals surface area (Å²) in [7, 11) is 2.35. The Morgan fingerprint density at radius 2 is 1.41 bits per heavy atom. The van der Waals surface area contributed by atoms with Crippen LogP contribution in [0.2, 0.25) is 0 Å². The van der Waals surface area contributed by atoms with E-state index in [1.165, 1.54) is 70.9 Å². The summed E-state index contributed by atoms with van der Waals surface area (Å²) in [5, 5.41) is 0. The van der Waals surface area contributed by atoms with Crippen molar-refractivity contribution < 1.29 is 21.8 Å². The van der Waals surface area contributed by atoms with Gasteiger partial charge in [0.15, 0.2) is 0 Å². The number of likely N-dealkylation sites (tertiary alicyclic amines) is 1. The van der Waals surface area contributed by atoms with E-state index in [2.05, 4.69) is 14.0 Å². The number of unbranched alkanes of at least 4 members (excludes halogenated alkanes) is 5. The summed E-state index contributed by atoms with van der Waals surface area (Å²) in [5.74, 6) is 1.05. The Labute approximate surface area is 132 Å². The summed E-state index contributed by atoms with van der Waals surface area (Å²) in [4.78, 5) is 1.76. The van der Waals surface area contributed by atoms with Crippen molar-refractivity contribution in [3.63, 3.8) is 0 Å². The Morgan fingerprint density at radius 3 is 1.91 bits per heavy atom. The van der Waals surface area contributed by atoms with E-state index >= 15 is 0 Å². The van der Waals surface area contributed by atoms with Gasteiger partial charge in [0.05, 0.1) is 20.1 Å². The predicted octanol–water partition coefficient (Wildman–Crippen LogP) is 4.80. The second-order valence-electron chi connectivity index (χ2n) is 6.43. The van der Waals surface area contributed by atoms with Gasteiger partial charge in [0.25, 0.3) is 0 Å². The van der Waals surface area contributed by atoms with Crippen molar-refractivity contribution in [1.82, 2.24) is 0 Å². The van der Waals surface area contributed by atoms with Gasteiger partial charge in [-0.25, -0.2) is 0 Å². The van der Waals surface area contributed by atoms with Crippen LogP contribution < -0.4 is 4.90 Å². The average Bonchev–Trinajstić information content (AvgIpc) is 2.30. The molecule has 0 aromatic heterocycles. The quantitative estimate of drug-likeness (QED) is 0.324. The maximum absolute atomic E-state index is 11.2. The molecule has 2 atom stereocenters. The van der Waals surface area contributed by atoms with Crippen molar-refractivity contribution in [2.45, 2.75) is 64.7 Å². The van der Waals surface area contributed by atoms with Gasteiger partial charge < -0.3 is 4.90 Å². The molecule has 1 aliphatic heterocycles. The van der Waals surface area contributed by atoms with E-state index in [9.17, 15) is 16.9 Å². The van der Waals surface area contributed by atoms with Crippen molar-refractivity contribution in [3.8, 4) is 0 Å². The molecule has 0 spiro atoms. The van der Waals surface area contributed by atoms with Gasteiger partial charge in [-0.3, -0.25) is 0 Å². The molecular formula is C14H30F6NSb. The molecule has 0 saturated carbocycles. The number of hydrogen-bond donors (Lipinski definition) is 1. The van der Waals surface area contributed by atoms with Crippen LogP contribution in [0.15, 0.2) is 0 Å². The third-order valence-electron chi connectivity index (χ3n) is 3.82. The van der Waals surface area contributed by atoms with Crippen LogP contribution in [0.4, 0.5) is 16.9 Å². The predicted molar refractivity (Wildman–Crippen MR) is 79.7 cm³/mol. The number of nitrogens with one attached hydrogen (secondary N) is 1. The SMILES string of the molecule is CCCCCCCCC1CCC[NH+](C)C1.[F][Sb-]([F])([F])([F])([F])[F]. The Morgan fingerprint density at radius 1 is 0.909 bits per heavy atom. The summed E-state index contributed by atoms with van der Waals surface area (Å²) in [6.45, 7) is 5.14. The third-order valence-corrected chi connectivity index (χ3v) is 3.82. The average molecular weight is 448 g/mol. The monoisotopic (exact) mass is 447 g/mol. The first kappa shape index (κ1) is 22.4. The van der Waals surface area contributed by atoms with Gasteiger partial charge in [-0.05, 0) is 19.3 Å². The minimum absolute atomic E-state index is 1.05. The minimum atomic E-state index is -11.2. The molecule has 0 amide bonds. The molecule has 22 heavy (non-hydrogen) atoms. The van der Waals surface area contributed by atoms with Crippen molar-refractivity contribution in [2.24, 2.45) is 5.92 Å². The zero-order valence-electron chi connectivity index (χ0n) is 13.6. The van der Waals surface area contributed by atoms with Crippen molar-refractivity contribution in [3.05, 3.63) is 0 Å². The van der Waals surface area contributed by atoms with Gasteiger partial charge in [-0.2, -0.15) is 0 Å². The molecule has 138 valence electrons. The molecule has 8 heteroatoms. The molecule has 0 aromatic carbocycles. The second-order valence-corrected chi connectivity index (χ2v) is 11.9. The fourth-order valence-corrected chi connectivity index (χ4v) is 2.85. The topological polar surface area (TPSA) is 4.44 Å². The van der Waals surface area contributed by atoms with Crippen LogP contribution in [0, 0.1) is 5.92 Å². The third kappa shape index (κ3) is 22.6. The Kier molecular flexibility index (Phi) is 8.59. The van der Waals surface area contributed by atoms with Crippen LogP contribution in [0.25, 0.3) is 0 Å². The number of piperidine rings is 1. The molecule has 2 unspecified atom stereocenters. The van der Waals surface area contributed by atoms with Crippen LogP contribution in [0.3, 0.4) is 0 Å². The fourth-order valence-electron chi connectivity index (χ4n) is 2.85. The van der Waals surface area contributed by atoms with Crippen molar-refractivity contribution >= 4 is 19.5 Å². The number of quaternary nitrogens is 1. The van der Waals surface area contributed by atoms with E-state index in [4.69, 9.17) is 0 Å². The van der Waals surface area contributed by atoms with E-state index in [1.54, 1.807) is 4.90 Å². The molecule has 0 bridgehead atoms. The molecule has 1 nitrogen and oxygen atoms in total. The van der Waals surface area contributed by atoms with E-state index in [-0.39, 0.29) is 0 Å². The number of hydrogen-bond acceptors (Lipinski definition) is 0. The van der Waals surface area contributed by atoms with Gasteiger partial charge in [-0.1, -0.05) is 45.4 Å². The normalized spacial score (nSPS) is 25.6. The molecule has 1 N–H and O–H groups in total. The second kappa shape index (κ2) is 8.45. The first-order valence-corrected chi connectivity index (χ1v) is 13.9. The Balaban J connectivity index is 0.000000534. The summed E-state index contributed by atoms with van der Waals surface area (Å²) >= 11 is -11.2. The summed E-state index contributed by atoms with van der Waals surface area (Å²) in [6, 6.07) is 0. The standard InChI is InChI=1S/C14H29N.6FH.Sb/c1-3-4-5-6-7-8-10-14-11-9-12-15(2)13-14;;;;;;;/h14H,3-13H2,1-2H3;6*1H;/q;;;;;;;+5/p-5. The first-order valence-electron chi connectivity index (χ1n) is 8.15. The number of halogens is 6. The molecule has 1 aliphatic rings. The Hall–Kier alpha value is 0.358. The van der Waals surface area contributed by atoms with Crippen LogP contribution in [-0.2, 0) is 0 Å². The summed E-state index contributed by atoms with van der Waals surface area (Å²) < 4.78 is 59.6. The van der Waals surface area contributed by atoms with E-state index in [0.717, 1.165) is 5.92 Å². The van der Waals surface area contributed by atoms with Crippen LogP contribution in [0.1, 0.15) is 64.7 Å². The zero-order chi connectivity index (χ0) is 17.3. The molecule has 1 heterocycles. The maximum atomic E-state index is 9.93. The molecule has 0 aromatic rings. The van der Waals surface area contributed by atoms with Gasteiger partial charge in [0.1, 0.15) is 0 Å². The van der Waals surface area contributed by atoms with Crippen LogP contribution >= 0.6 is 0 Å². The summed E-state index contributed by atoms with van der Waals surface area (Å²) in [5.41, 5.74) is 0. The molecule has 0 aliphatic carbocycles. The first-order chi connectivity index (χ1) is 9.78. The van der Waals surface area contributed by atoms with Crippen molar-refractivity contribution in [2.75, 3.05) is 20.1 Å². The zero-order valence-corrected chi connectivity index (χ0v) is 16.1. The van der Waals surface area contributed by atoms with E-state index < -0.39 is 19.5 Å². The summed E-state index contributed by atoms with van der Waals surface area (Å²) in [6.07, 6.45) is 13.2. The molecule has 1 saturated heterocycles. The van der Waals surface area contributed by atoms with Crippen LogP contribution in [-0.4, -0.2) is 39.6 Å². The number of rotatable bonds is 7. The molecular weight excluding hydrogens is 418 g/mol. The Bertz CT molecular complexity index is 291. The van der Waals surface area contributed by atoms with Crippen molar-refractivity contribution in [1.29, 1.82) is 0 Å². The molecule has 1 fully saturated rings. The molecule has 0 radical (unpaired) electrons. The van der Waals surface area contributed by atoms with Gasteiger partial charge in [-0.15, -0.1) is 0 Å². The van der Waals surface area contributed by atoms with Gasteiger partial charge in [0, 0.05) is 5.92 Å². The van der Waals surface area contributed by atoms with E-state index in [1.807, 2.05) is 0 Å². The van der Waals surface area contributed by atoms with Crippen LogP contribution in [0.5, 0.6) is 0 Å².